The van der Waals surface area contributed by atoms with E-state index in [1.807, 2.05) is 25.1 Å². The molecule has 0 fully saturated rings. The summed E-state index contributed by atoms with van der Waals surface area (Å²) in [5.41, 5.74) is 3.81. The Hall–Kier alpha value is -2.26. The van der Waals surface area contributed by atoms with Crippen molar-refractivity contribution >= 4 is 21.7 Å². The molecule has 0 radical (unpaired) electrons. The van der Waals surface area contributed by atoms with E-state index in [1.165, 1.54) is 0 Å². The van der Waals surface area contributed by atoms with E-state index in [0.29, 0.717) is 35.7 Å². The highest BCUT2D eigenvalue weighted by Crippen LogP contribution is 2.45. The molecule has 1 atom stereocenters. The van der Waals surface area contributed by atoms with Crippen molar-refractivity contribution < 1.29 is 14.3 Å². The summed E-state index contributed by atoms with van der Waals surface area (Å²) < 4.78 is 11.2. The van der Waals surface area contributed by atoms with Crippen molar-refractivity contribution in [2.45, 2.75) is 32.1 Å². The number of ether oxygens (including phenoxy) is 2. The van der Waals surface area contributed by atoms with Crippen LogP contribution >= 0.6 is 15.9 Å². The molecule has 0 saturated heterocycles. The zero-order chi connectivity index (χ0) is 18.7. The number of hydrogen-bond acceptors (Lipinski definition) is 5. The van der Waals surface area contributed by atoms with Crippen molar-refractivity contribution in [3.05, 3.63) is 46.3 Å². The Labute approximate surface area is 161 Å². The SMILES string of the molecule is COc1cc(OCCBr)ccc1[C@@H]1C(C#N)=C(C)NC2=C1C(=O)CCC2. The van der Waals surface area contributed by atoms with Crippen LogP contribution in [-0.2, 0) is 4.79 Å². The van der Waals surface area contributed by atoms with Gasteiger partial charge in [-0.25, -0.2) is 0 Å². The molecule has 0 bridgehead atoms. The minimum Gasteiger partial charge on any atom is -0.496 e. The van der Waals surface area contributed by atoms with Crippen molar-refractivity contribution in [3.8, 4) is 17.6 Å². The van der Waals surface area contributed by atoms with Crippen LogP contribution in [-0.4, -0.2) is 24.8 Å². The highest BCUT2D eigenvalue weighted by molar-refractivity contribution is 9.09. The zero-order valence-electron chi connectivity index (χ0n) is 14.9. The molecule has 0 spiro atoms. The normalized spacial score (nSPS) is 19.6. The van der Waals surface area contributed by atoms with Crippen LogP contribution in [0.25, 0.3) is 0 Å². The fourth-order valence-electron chi connectivity index (χ4n) is 3.62. The molecule has 1 aliphatic carbocycles. The van der Waals surface area contributed by atoms with Crippen molar-refractivity contribution in [2.24, 2.45) is 0 Å². The van der Waals surface area contributed by atoms with Crippen LogP contribution in [0.15, 0.2) is 40.7 Å². The Kier molecular flexibility index (Phi) is 5.67. The number of ketones is 1. The number of dihydropyridines is 1. The summed E-state index contributed by atoms with van der Waals surface area (Å²) >= 11 is 3.34. The number of Topliss-reactive ketones (excluding diaryl/α,β-unsaturated/α-hetero) is 1. The van der Waals surface area contributed by atoms with Gasteiger partial charge in [-0.3, -0.25) is 4.79 Å². The molecule has 136 valence electrons. The fourth-order valence-corrected chi connectivity index (χ4v) is 3.78. The highest BCUT2D eigenvalue weighted by atomic mass is 79.9. The topological polar surface area (TPSA) is 71.3 Å². The minimum atomic E-state index is -0.399. The average molecular weight is 417 g/mol. The van der Waals surface area contributed by atoms with Gasteiger partial charge in [0, 0.05) is 40.3 Å². The summed E-state index contributed by atoms with van der Waals surface area (Å²) in [7, 11) is 1.59. The van der Waals surface area contributed by atoms with Crippen LogP contribution in [0.2, 0.25) is 0 Å². The van der Waals surface area contributed by atoms with E-state index in [1.54, 1.807) is 7.11 Å². The van der Waals surface area contributed by atoms with Crippen LogP contribution < -0.4 is 14.8 Å². The van der Waals surface area contributed by atoms with Crippen LogP contribution in [0.1, 0.15) is 37.7 Å². The Morgan fingerprint density at radius 2 is 2.19 bits per heavy atom. The molecule has 1 aromatic carbocycles. The molecule has 2 aliphatic rings. The molecule has 6 heteroatoms. The number of nitrogens with one attached hydrogen (secondary N) is 1. The number of benzene rings is 1. The molecule has 1 aliphatic heterocycles. The second-order valence-electron chi connectivity index (χ2n) is 6.32. The Morgan fingerprint density at radius 3 is 2.88 bits per heavy atom. The summed E-state index contributed by atoms with van der Waals surface area (Å²) in [5.74, 6) is 1.02. The van der Waals surface area contributed by atoms with E-state index < -0.39 is 5.92 Å². The molecule has 3 rings (SSSR count). The summed E-state index contributed by atoms with van der Waals surface area (Å²) in [6.45, 7) is 2.43. The first-order valence-electron chi connectivity index (χ1n) is 8.61. The van der Waals surface area contributed by atoms with Gasteiger partial charge in [0.1, 0.15) is 11.5 Å². The van der Waals surface area contributed by atoms with Crippen molar-refractivity contribution in [2.75, 3.05) is 19.0 Å². The van der Waals surface area contributed by atoms with E-state index >= 15 is 0 Å². The lowest BCUT2D eigenvalue weighted by Crippen LogP contribution is -2.31. The summed E-state index contributed by atoms with van der Waals surface area (Å²) in [4.78, 5) is 12.7. The molecule has 26 heavy (non-hydrogen) atoms. The van der Waals surface area contributed by atoms with Gasteiger partial charge in [0.15, 0.2) is 5.78 Å². The van der Waals surface area contributed by atoms with E-state index in [0.717, 1.165) is 35.1 Å². The maximum Gasteiger partial charge on any atom is 0.161 e. The van der Waals surface area contributed by atoms with Gasteiger partial charge >= 0.3 is 0 Å². The van der Waals surface area contributed by atoms with Gasteiger partial charge in [-0.2, -0.15) is 5.26 Å². The number of nitriles is 1. The average Bonchev–Trinajstić information content (AvgIpc) is 2.65. The van der Waals surface area contributed by atoms with E-state index in [-0.39, 0.29) is 5.78 Å². The van der Waals surface area contributed by atoms with E-state index in [2.05, 4.69) is 27.3 Å². The molecular weight excluding hydrogens is 396 g/mol. The van der Waals surface area contributed by atoms with Crippen LogP contribution in [0.3, 0.4) is 0 Å². The third-order valence-corrected chi connectivity index (χ3v) is 5.08. The van der Waals surface area contributed by atoms with Gasteiger partial charge in [0.05, 0.1) is 31.3 Å². The number of hydrogen-bond donors (Lipinski definition) is 1. The van der Waals surface area contributed by atoms with Gasteiger partial charge < -0.3 is 14.8 Å². The first-order chi connectivity index (χ1) is 12.6. The minimum absolute atomic E-state index is 0.102. The second kappa shape index (κ2) is 7.96. The lowest BCUT2D eigenvalue weighted by Gasteiger charge is -2.33. The summed E-state index contributed by atoms with van der Waals surface area (Å²) in [6.07, 6.45) is 2.18. The molecular formula is C20H21BrN2O3. The first-order valence-corrected chi connectivity index (χ1v) is 9.73. The van der Waals surface area contributed by atoms with Crippen molar-refractivity contribution in [1.29, 1.82) is 5.26 Å². The molecule has 0 aromatic heterocycles. The van der Waals surface area contributed by atoms with Gasteiger partial charge in [-0.1, -0.05) is 22.0 Å². The number of allylic oxidation sites excluding steroid dienone is 4. The molecule has 0 unspecified atom stereocenters. The number of alkyl halides is 1. The third kappa shape index (κ3) is 3.36. The molecule has 1 aromatic rings. The maximum atomic E-state index is 12.7. The summed E-state index contributed by atoms with van der Waals surface area (Å²) in [5, 5.41) is 13.8. The predicted octanol–water partition coefficient (Wildman–Crippen LogP) is 3.96. The number of carbonyl (C=O) groups is 1. The smallest absolute Gasteiger partial charge is 0.161 e. The van der Waals surface area contributed by atoms with Gasteiger partial charge in [-0.05, 0) is 25.8 Å². The van der Waals surface area contributed by atoms with Crippen LogP contribution in [0.4, 0.5) is 0 Å². The lowest BCUT2D eigenvalue weighted by atomic mass is 9.75. The lowest BCUT2D eigenvalue weighted by molar-refractivity contribution is -0.116. The molecule has 0 saturated carbocycles. The van der Waals surface area contributed by atoms with Gasteiger partial charge in [-0.15, -0.1) is 0 Å². The quantitative estimate of drug-likeness (QED) is 0.735. The Balaban J connectivity index is 2.12. The monoisotopic (exact) mass is 416 g/mol. The first kappa shape index (κ1) is 18.5. The summed E-state index contributed by atoms with van der Waals surface area (Å²) in [6, 6.07) is 7.87. The van der Waals surface area contributed by atoms with Crippen LogP contribution in [0.5, 0.6) is 11.5 Å². The number of carbonyl (C=O) groups excluding carboxylic acids is 1. The van der Waals surface area contributed by atoms with Crippen LogP contribution in [0, 0.1) is 11.3 Å². The molecule has 1 heterocycles. The maximum absolute atomic E-state index is 12.7. The predicted molar refractivity (Wildman–Crippen MR) is 102 cm³/mol. The van der Waals surface area contributed by atoms with Crippen molar-refractivity contribution in [3.63, 3.8) is 0 Å². The standard InChI is InChI=1S/C20H21BrN2O3/c1-12-15(11-22)19(20-16(23-12)4-3-5-17(20)24)14-7-6-13(26-9-8-21)10-18(14)25-2/h6-7,10,19,23H,3-5,8-9H2,1-2H3/t19-/m1/s1. The number of halogens is 1. The number of methoxy groups -OCH3 is 1. The second-order valence-corrected chi connectivity index (χ2v) is 7.11. The highest BCUT2D eigenvalue weighted by Gasteiger charge is 2.37. The number of nitrogens with zero attached hydrogens (tertiary/aromatic N) is 1. The Bertz CT molecular complexity index is 836. The Morgan fingerprint density at radius 1 is 1.38 bits per heavy atom. The zero-order valence-corrected chi connectivity index (χ0v) is 16.5. The third-order valence-electron chi connectivity index (χ3n) is 4.76. The number of rotatable bonds is 5. The van der Waals surface area contributed by atoms with Gasteiger partial charge in [0.2, 0.25) is 0 Å². The van der Waals surface area contributed by atoms with E-state index in [9.17, 15) is 10.1 Å². The molecule has 5 nitrogen and oxygen atoms in total. The van der Waals surface area contributed by atoms with Gasteiger partial charge in [0.25, 0.3) is 0 Å². The fraction of sp³-hybridized carbons (Fsp3) is 0.400. The van der Waals surface area contributed by atoms with Crippen molar-refractivity contribution in [1.82, 2.24) is 5.32 Å². The molecule has 0 amide bonds. The largest absolute Gasteiger partial charge is 0.496 e. The molecule has 1 N–H and O–H groups in total. The van der Waals surface area contributed by atoms with E-state index in [4.69, 9.17) is 9.47 Å².